The average Bonchev–Trinajstić information content (AvgIpc) is 2.80. The maximum Gasteiger partial charge on any atom is 0.281 e. The Morgan fingerprint density at radius 1 is 1.28 bits per heavy atom. The Labute approximate surface area is 115 Å². The SMILES string of the molecule is CN(CCCCl)S(=O)(=O)N1CCC2CCCCC21. The highest BCUT2D eigenvalue weighted by Gasteiger charge is 2.42. The molecule has 0 N–H and O–H groups in total. The van der Waals surface area contributed by atoms with Gasteiger partial charge in [-0.1, -0.05) is 12.8 Å². The smallest absolute Gasteiger partial charge is 0.195 e. The van der Waals surface area contributed by atoms with Crippen LogP contribution < -0.4 is 0 Å². The molecule has 0 aromatic carbocycles. The van der Waals surface area contributed by atoms with Crippen molar-refractivity contribution in [2.45, 2.75) is 44.6 Å². The number of nitrogens with zero attached hydrogens (tertiary/aromatic N) is 2. The number of halogens is 1. The summed E-state index contributed by atoms with van der Waals surface area (Å²) in [6.45, 7) is 1.21. The van der Waals surface area contributed by atoms with Gasteiger partial charge in [0, 0.05) is 32.1 Å². The van der Waals surface area contributed by atoms with Crippen LogP contribution in [-0.4, -0.2) is 49.1 Å². The van der Waals surface area contributed by atoms with Gasteiger partial charge in [-0.15, -0.1) is 11.6 Å². The highest BCUT2D eigenvalue weighted by Crippen LogP contribution is 2.38. The zero-order chi connectivity index (χ0) is 13.2. The lowest BCUT2D eigenvalue weighted by Crippen LogP contribution is -2.46. The summed E-state index contributed by atoms with van der Waals surface area (Å²) in [4.78, 5) is 0. The fourth-order valence-corrected chi connectivity index (χ4v) is 5.02. The van der Waals surface area contributed by atoms with Crippen molar-refractivity contribution in [2.24, 2.45) is 5.92 Å². The molecule has 0 aromatic heterocycles. The van der Waals surface area contributed by atoms with Gasteiger partial charge < -0.3 is 0 Å². The minimum absolute atomic E-state index is 0.252. The molecule has 6 heteroatoms. The molecular weight excluding hydrogens is 272 g/mol. The van der Waals surface area contributed by atoms with E-state index in [-0.39, 0.29) is 6.04 Å². The molecule has 2 aliphatic rings. The Morgan fingerprint density at radius 2 is 2.00 bits per heavy atom. The van der Waals surface area contributed by atoms with E-state index in [1.165, 1.54) is 23.6 Å². The van der Waals surface area contributed by atoms with E-state index in [2.05, 4.69) is 0 Å². The molecule has 0 radical (unpaired) electrons. The van der Waals surface area contributed by atoms with Crippen molar-refractivity contribution in [3.63, 3.8) is 0 Å². The first-order chi connectivity index (χ1) is 8.57. The molecule has 1 aliphatic carbocycles. The van der Waals surface area contributed by atoms with Gasteiger partial charge in [-0.05, 0) is 31.6 Å². The summed E-state index contributed by atoms with van der Waals surface area (Å²) < 4.78 is 28.2. The number of hydrogen-bond donors (Lipinski definition) is 0. The summed E-state index contributed by atoms with van der Waals surface area (Å²) in [5.41, 5.74) is 0. The van der Waals surface area contributed by atoms with E-state index in [1.54, 1.807) is 11.4 Å². The number of hydrogen-bond acceptors (Lipinski definition) is 2. The van der Waals surface area contributed by atoms with E-state index in [4.69, 9.17) is 11.6 Å². The molecule has 1 aliphatic heterocycles. The zero-order valence-corrected chi connectivity index (χ0v) is 12.6. The van der Waals surface area contributed by atoms with E-state index in [0.29, 0.717) is 31.3 Å². The molecule has 0 spiro atoms. The second kappa shape index (κ2) is 6.07. The molecular formula is C12H23ClN2O2S. The Morgan fingerprint density at radius 3 is 2.72 bits per heavy atom. The first-order valence-electron chi connectivity index (χ1n) is 6.86. The van der Waals surface area contributed by atoms with Crippen LogP contribution in [0.25, 0.3) is 0 Å². The number of alkyl halides is 1. The van der Waals surface area contributed by atoms with E-state index in [0.717, 1.165) is 12.8 Å². The molecule has 2 rings (SSSR count). The van der Waals surface area contributed by atoms with Crippen molar-refractivity contribution < 1.29 is 8.42 Å². The molecule has 2 atom stereocenters. The second-order valence-electron chi connectivity index (χ2n) is 5.38. The largest absolute Gasteiger partial charge is 0.281 e. The predicted molar refractivity (Wildman–Crippen MR) is 74.0 cm³/mol. The Hall–Kier alpha value is 0.160. The maximum atomic E-state index is 12.5. The maximum absolute atomic E-state index is 12.5. The molecule has 106 valence electrons. The van der Waals surface area contributed by atoms with Gasteiger partial charge in [-0.3, -0.25) is 0 Å². The van der Waals surface area contributed by atoms with Crippen LogP contribution in [-0.2, 0) is 10.2 Å². The van der Waals surface area contributed by atoms with Crippen LogP contribution in [0.2, 0.25) is 0 Å². The van der Waals surface area contributed by atoms with Gasteiger partial charge >= 0.3 is 0 Å². The predicted octanol–water partition coefficient (Wildman–Crippen LogP) is 2.06. The molecule has 2 fully saturated rings. The number of rotatable bonds is 5. The van der Waals surface area contributed by atoms with E-state index < -0.39 is 10.2 Å². The van der Waals surface area contributed by atoms with E-state index in [1.807, 2.05) is 0 Å². The highest BCUT2D eigenvalue weighted by atomic mass is 35.5. The first-order valence-corrected chi connectivity index (χ1v) is 8.79. The third kappa shape index (κ3) is 2.84. The van der Waals surface area contributed by atoms with Crippen LogP contribution in [0.5, 0.6) is 0 Å². The molecule has 0 bridgehead atoms. The van der Waals surface area contributed by atoms with Gasteiger partial charge in [-0.2, -0.15) is 17.0 Å². The lowest BCUT2D eigenvalue weighted by atomic mass is 9.86. The monoisotopic (exact) mass is 294 g/mol. The van der Waals surface area contributed by atoms with Gasteiger partial charge in [-0.25, -0.2) is 0 Å². The van der Waals surface area contributed by atoms with Crippen molar-refractivity contribution in [3.05, 3.63) is 0 Å². The molecule has 2 unspecified atom stereocenters. The molecule has 0 amide bonds. The molecule has 18 heavy (non-hydrogen) atoms. The van der Waals surface area contributed by atoms with Crippen LogP contribution in [0.3, 0.4) is 0 Å². The minimum Gasteiger partial charge on any atom is -0.195 e. The molecule has 1 saturated heterocycles. The average molecular weight is 295 g/mol. The molecule has 1 heterocycles. The van der Waals surface area contributed by atoms with E-state index >= 15 is 0 Å². The summed E-state index contributed by atoms with van der Waals surface area (Å²) in [6.07, 6.45) is 6.40. The Kier molecular flexibility index (Phi) is 4.92. The first kappa shape index (κ1) is 14.6. The van der Waals surface area contributed by atoms with Gasteiger partial charge in [0.15, 0.2) is 0 Å². The topological polar surface area (TPSA) is 40.6 Å². The van der Waals surface area contributed by atoms with Crippen LogP contribution >= 0.6 is 11.6 Å². The third-order valence-corrected chi connectivity index (χ3v) is 6.54. The summed E-state index contributed by atoms with van der Waals surface area (Å²) in [6, 6.07) is 0.252. The highest BCUT2D eigenvalue weighted by molar-refractivity contribution is 7.86. The zero-order valence-electron chi connectivity index (χ0n) is 11.0. The van der Waals surface area contributed by atoms with Gasteiger partial charge in [0.1, 0.15) is 0 Å². The molecule has 1 saturated carbocycles. The Balaban J connectivity index is 2.05. The van der Waals surface area contributed by atoms with Crippen LogP contribution in [0, 0.1) is 5.92 Å². The van der Waals surface area contributed by atoms with Gasteiger partial charge in [0.25, 0.3) is 10.2 Å². The summed E-state index contributed by atoms with van der Waals surface area (Å²) in [5, 5.41) is 0. The van der Waals surface area contributed by atoms with Crippen LogP contribution in [0.1, 0.15) is 38.5 Å². The van der Waals surface area contributed by atoms with Crippen molar-refractivity contribution in [3.8, 4) is 0 Å². The van der Waals surface area contributed by atoms with Crippen molar-refractivity contribution in [1.29, 1.82) is 0 Å². The van der Waals surface area contributed by atoms with Gasteiger partial charge in [0.05, 0.1) is 0 Å². The minimum atomic E-state index is -3.27. The second-order valence-corrected chi connectivity index (χ2v) is 7.75. The lowest BCUT2D eigenvalue weighted by molar-refractivity contribution is 0.249. The van der Waals surface area contributed by atoms with Crippen molar-refractivity contribution in [2.75, 3.05) is 26.0 Å². The van der Waals surface area contributed by atoms with Crippen molar-refractivity contribution in [1.82, 2.24) is 8.61 Å². The van der Waals surface area contributed by atoms with E-state index in [9.17, 15) is 8.42 Å². The normalized spacial score (nSPS) is 29.7. The molecule has 4 nitrogen and oxygen atoms in total. The third-order valence-electron chi connectivity index (χ3n) is 4.26. The number of fused-ring (bicyclic) bond motifs is 1. The lowest BCUT2D eigenvalue weighted by Gasteiger charge is -2.33. The van der Waals surface area contributed by atoms with Crippen molar-refractivity contribution >= 4 is 21.8 Å². The van der Waals surface area contributed by atoms with Crippen LogP contribution in [0.4, 0.5) is 0 Å². The van der Waals surface area contributed by atoms with Gasteiger partial charge in [0.2, 0.25) is 0 Å². The summed E-state index contributed by atoms with van der Waals surface area (Å²) >= 11 is 5.63. The molecule has 0 aromatic rings. The summed E-state index contributed by atoms with van der Waals surface area (Å²) in [5.74, 6) is 1.10. The van der Waals surface area contributed by atoms with Crippen LogP contribution in [0.15, 0.2) is 0 Å². The summed E-state index contributed by atoms with van der Waals surface area (Å²) in [7, 11) is -1.61. The fourth-order valence-electron chi connectivity index (χ4n) is 3.23. The fraction of sp³-hybridized carbons (Fsp3) is 1.00. The quantitative estimate of drug-likeness (QED) is 0.728. The Bertz CT molecular complexity index is 374. The standard InChI is InChI=1S/C12H23ClN2O2S/c1-14(9-4-8-13)18(16,17)15-10-7-11-5-2-3-6-12(11)15/h11-12H,2-10H2,1H3.